The lowest BCUT2D eigenvalue weighted by Crippen LogP contribution is -2.67. The molecule has 4 aliphatic rings. The molecule has 0 aromatic heterocycles. The summed E-state index contributed by atoms with van der Waals surface area (Å²) in [5.41, 5.74) is -0.876. The first-order valence-electron chi connectivity index (χ1n) is 11.8. The Morgan fingerprint density at radius 2 is 1.70 bits per heavy atom. The van der Waals surface area contributed by atoms with E-state index in [-0.39, 0.29) is 58.1 Å². The molecule has 0 radical (unpaired) electrons. The van der Waals surface area contributed by atoms with Crippen LogP contribution in [0.5, 0.6) is 0 Å². The van der Waals surface area contributed by atoms with Crippen molar-refractivity contribution in [2.75, 3.05) is 7.11 Å². The first-order chi connectivity index (χ1) is 13.8. The lowest BCUT2D eigenvalue weighted by molar-refractivity contribution is -0.245. The Morgan fingerprint density at radius 1 is 1.03 bits per heavy atom. The molecule has 0 amide bonds. The Balaban J connectivity index is 1.84. The van der Waals surface area contributed by atoms with Crippen LogP contribution >= 0.6 is 0 Å². The van der Waals surface area contributed by atoms with Gasteiger partial charge in [-0.25, -0.2) is 0 Å². The molecule has 4 fully saturated rings. The maximum atomic E-state index is 13.6. The van der Waals surface area contributed by atoms with E-state index in [1.807, 2.05) is 0 Å². The van der Waals surface area contributed by atoms with Gasteiger partial charge >= 0.3 is 5.97 Å². The highest BCUT2D eigenvalue weighted by molar-refractivity contribution is 5.89. The van der Waals surface area contributed by atoms with Gasteiger partial charge in [0, 0.05) is 31.8 Å². The summed E-state index contributed by atoms with van der Waals surface area (Å²) >= 11 is 0. The number of aliphatic hydroxyl groups is 1. The zero-order valence-corrected chi connectivity index (χ0v) is 19.8. The fourth-order valence-electron chi connectivity index (χ4n) is 9.03. The van der Waals surface area contributed by atoms with Crippen molar-refractivity contribution < 1.29 is 24.2 Å². The molecule has 1 N–H and O–H groups in total. The second-order valence-electron chi connectivity index (χ2n) is 12.0. The maximum absolute atomic E-state index is 13.6. The first kappa shape index (κ1) is 22.3. The molecule has 4 saturated carbocycles. The molecular formula is C25H40O5. The van der Waals surface area contributed by atoms with E-state index in [4.69, 9.17) is 9.47 Å². The van der Waals surface area contributed by atoms with Crippen LogP contribution in [0.2, 0.25) is 0 Å². The maximum Gasteiger partial charge on any atom is 0.302 e. The fourth-order valence-corrected chi connectivity index (χ4v) is 9.03. The average Bonchev–Trinajstić information content (AvgIpc) is 2.92. The molecule has 0 spiro atoms. The molecule has 0 aromatic carbocycles. The lowest BCUT2D eigenvalue weighted by atomic mass is 9.35. The quantitative estimate of drug-likeness (QED) is 0.680. The third kappa shape index (κ3) is 2.60. The van der Waals surface area contributed by atoms with E-state index in [0.717, 1.165) is 32.1 Å². The van der Waals surface area contributed by atoms with Crippen LogP contribution in [-0.2, 0) is 19.1 Å². The van der Waals surface area contributed by atoms with Gasteiger partial charge in [0.25, 0.3) is 0 Å². The molecule has 3 unspecified atom stereocenters. The summed E-state index contributed by atoms with van der Waals surface area (Å²) in [6, 6.07) is 0. The van der Waals surface area contributed by atoms with Gasteiger partial charge in [0.15, 0.2) is 0 Å². The molecule has 30 heavy (non-hydrogen) atoms. The van der Waals surface area contributed by atoms with Gasteiger partial charge in [-0.3, -0.25) is 9.59 Å². The summed E-state index contributed by atoms with van der Waals surface area (Å²) in [4.78, 5) is 25.6. The van der Waals surface area contributed by atoms with Gasteiger partial charge in [0.05, 0.1) is 12.2 Å². The number of carbonyl (C=O) groups excluding carboxylic acids is 2. The van der Waals surface area contributed by atoms with Crippen molar-refractivity contribution in [3.05, 3.63) is 0 Å². The van der Waals surface area contributed by atoms with E-state index in [0.29, 0.717) is 12.3 Å². The van der Waals surface area contributed by atoms with Crippen LogP contribution in [0.25, 0.3) is 0 Å². The van der Waals surface area contributed by atoms with E-state index in [1.165, 1.54) is 6.92 Å². The summed E-state index contributed by atoms with van der Waals surface area (Å²) in [5, 5.41) is 10.8. The zero-order valence-electron chi connectivity index (χ0n) is 19.8. The van der Waals surface area contributed by atoms with E-state index in [2.05, 4.69) is 34.6 Å². The van der Waals surface area contributed by atoms with Crippen LogP contribution in [0.3, 0.4) is 0 Å². The number of fused-ring (bicyclic) bond motifs is 5. The van der Waals surface area contributed by atoms with Crippen LogP contribution < -0.4 is 0 Å². The lowest BCUT2D eigenvalue weighted by Gasteiger charge is -2.69. The Labute approximate surface area is 181 Å². The highest BCUT2D eigenvalue weighted by Gasteiger charge is 2.73. The highest BCUT2D eigenvalue weighted by atomic mass is 16.5. The summed E-state index contributed by atoms with van der Waals surface area (Å²) in [7, 11) is 1.67. The minimum absolute atomic E-state index is 0.00749. The predicted octanol–water partition coefficient (Wildman–Crippen LogP) is 4.15. The third-order valence-corrected chi connectivity index (χ3v) is 10.7. The first-order valence-corrected chi connectivity index (χ1v) is 11.8. The molecule has 4 aliphatic carbocycles. The minimum Gasteiger partial charge on any atom is -0.462 e. The molecule has 170 valence electrons. The molecule has 0 aromatic rings. The Bertz CT molecular complexity index is 746. The van der Waals surface area contributed by atoms with Gasteiger partial charge in [-0.15, -0.1) is 0 Å². The number of carbonyl (C=O) groups is 2. The topological polar surface area (TPSA) is 72.8 Å². The third-order valence-electron chi connectivity index (χ3n) is 10.7. The predicted molar refractivity (Wildman–Crippen MR) is 114 cm³/mol. The second kappa shape index (κ2) is 6.78. The van der Waals surface area contributed by atoms with Gasteiger partial charge in [0.1, 0.15) is 11.9 Å². The van der Waals surface area contributed by atoms with Gasteiger partial charge in [0.2, 0.25) is 0 Å². The van der Waals surface area contributed by atoms with Crippen LogP contribution in [0.15, 0.2) is 0 Å². The smallest absolute Gasteiger partial charge is 0.302 e. The van der Waals surface area contributed by atoms with E-state index >= 15 is 0 Å². The standard InChI is InChI=1S/C25H40O5/c1-14(26)30-16-12-18-23(4)10-9-19(27)22(2,3)17(23)8-11-24(18,5)25(6)20(28)13-15(29-7)21(16)25/h15-19,21,27H,8-13H2,1-7H3/t15-,16+,17?,18?,19-,21?,23-,24+,25+/m0/s1. The number of aliphatic hydroxyl groups excluding tert-OH is 1. The van der Waals surface area contributed by atoms with E-state index < -0.39 is 5.41 Å². The number of methoxy groups -OCH3 is 1. The van der Waals surface area contributed by atoms with Gasteiger partial charge in [-0.05, 0) is 60.2 Å². The van der Waals surface area contributed by atoms with Crippen molar-refractivity contribution in [3.63, 3.8) is 0 Å². The van der Waals surface area contributed by atoms with Crippen molar-refractivity contribution in [2.24, 2.45) is 39.4 Å². The number of esters is 1. The molecule has 0 saturated heterocycles. The average molecular weight is 421 g/mol. The molecule has 0 aliphatic heterocycles. The van der Waals surface area contributed by atoms with Crippen molar-refractivity contribution >= 4 is 11.8 Å². The monoisotopic (exact) mass is 420 g/mol. The Hall–Kier alpha value is -0.940. The summed E-state index contributed by atoms with van der Waals surface area (Å²) < 4.78 is 11.7. The van der Waals surface area contributed by atoms with Gasteiger partial charge in [-0.1, -0.05) is 34.6 Å². The van der Waals surface area contributed by atoms with Gasteiger partial charge in [-0.2, -0.15) is 0 Å². The van der Waals surface area contributed by atoms with E-state index in [1.54, 1.807) is 7.11 Å². The Morgan fingerprint density at radius 3 is 2.30 bits per heavy atom. The molecule has 5 nitrogen and oxygen atoms in total. The normalized spacial score (nSPS) is 52.2. The summed E-state index contributed by atoms with van der Waals surface area (Å²) in [6.45, 7) is 12.7. The molecular weight excluding hydrogens is 380 g/mol. The van der Waals surface area contributed by atoms with Crippen LogP contribution in [-0.4, -0.2) is 42.3 Å². The number of ether oxygens (including phenoxy) is 2. The number of hydrogen-bond acceptors (Lipinski definition) is 5. The van der Waals surface area contributed by atoms with Gasteiger partial charge < -0.3 is 14.6 Å². The summed E-state index contributed by atoms with van der Waals surface area (Å²) in [6.07, 6.45) is 4.14. The van der Waals surface area contributed by atoms with Crippen molar-refractivity contribution in [2.45, 2.75) is 98.4 Å². The Kier molecular flexibility index (Phi) is 5.03. The number of Topliss-reactive ketones (excluding diaryl/α,β-unsaturated/α-hetero) is 1. The molecule has 0 heterocycles. The van der Waals surface area contributed by atoms with Crippen molar-refractivity contribution in [1.82, 2.24) is 0 Å². The van der Waals surface area contributed by atoms with E-state index in [9.17, 15) is 14.7 Å². The minimum atomic E-state index is -0.565. The van der Waals surface area contributed by atoms with Crippen LogP contribution in [0.4, 0.5) is 0 Å². The largest absolute Gasteiger partial charge is 0.462 e. The zero-order chi connectivity index (χ0) is 22.3. The summed E-state index contributed by atoms with van der Waals surface area (Å²) in [5.74, 6) is 0.542. The number of hydrogen-bond donors (Lipinski definition) is 1. The van der Waals surface area contributed by atoms with Crippen LogP contribution in [0, 0.1) is 39.4 Å². The number of rotatable bonds is 2. The fraction of sp³-hybridized carbons (Fsp3) is 0.920. The van der Waals surface area contributed by atoms with Crippen molar-refractivity contribution in [3.8, 4) is 0 Å². The molecule has 4 rings (SSSR count). The molecule has 9 atom stereocenters. The highest BCUT2D eigenvalue weighted by Crippen LogP contribution is 2.74. The molecule has 5 heteroatoms. The van der Waals surface area contributed by atoms with Crippen LogP contribution in [0.1, 0.15) is 80.1 Å². The second-order valence-corrected chi connectivity index (χ2v) is 12.0. The van der Waals surface area contributed by atoms with Crippen molar-refractivity contribution in [1.29, 1.82) is 0 Å². The number of ketones is 1. The SMILES string of the molecule is CO[C@H]1CC(=O)[C@]2(C)C1[C@H](OC(C)=O)CC1[C@@]3(C)CC[C@H](O)C(C)(C)C3CC[C@]12C. The molecule has 0 bridgehead atoms.